The summed E-state index contributed by atoms with van der Waals surface area (Å²) in [4.78, 5) is 8.80. The Balaban J connectivity index is 0. The van der Waals surface area contributed by atoms with Gasteiger partial charge in [0.15, 0.2) is 0 Å². The molecule has 1 N–H and O–H groups in total. The minimum absolute atomic E-state index is 0. The summed E-state index contributed by atoms with van der Waals surface area (Å²) in [5.41, 5.74) is -0.0912. The number of hydrogen-bond acceptors (Lipinski definition) is 1. The minimum atomic E-state index is -3.04. The van der Waals surface area contributed by atoms with Crippen LogP contribution in [0.15, 0.2) is 0 Å². The monoisotopic (exact) mass is 333 g/mol. The summed E-state index contributed by atoms with van der Waals surface area (Å²) in [5, 5.41) is 0. The van der Waals surface area contributed by atoms with Crippen LogP contribution in [0, 0.1) is 12.1 Å². The summed E-state index contributed by atoms with van der Waals surface area (Å²) in [6.07, 6.45) is 0.292. The maximum absolute atomic E-state index is 10.7. The van der Waals surface area contributed by atoms with Crippen LogP contribution in [0.1, 0.15) is 20.8 Å². The van der Waals surface area contributed by atoms with E-state index < -0.39 is 7.37 Å². The topological polar surface area (TPSA) is 37.3 Å². The molecular weight excluding hydrogens is 319 g/mol. The molecule has 0 spiro atoms. The van der Waals surface area contributed by atoms with Gasteiger partial charge in [0.05, 0.1) is 7.37 Å². The molecule has 0 rings (SSSR count). The summed E-state index contributed by atoms with van der Waals surface area (Å²) in [5.74, 6) is 0. The van der Waals surface area contributed by atoms with Gasteiger partial charge in [0.2, 0.25) is 0 Å². The smallest absolute Gasteiger partial charge is 0.0621 e. The zero-order chi connectivity index (χ0) is 7.71. The predicted molar refractivity (Wildman–Crippen MR) is 39.5 cm³/mol. The van der Waals surface area contributed by atoms with E-state index in [9.17, 15) is 4.57 Å². The summed E-state index contributed by atoms with van der Waals surface area (Å²) < 4.78 is 10.7. The van der Waals surface area contributed by atoms with Gasteiger partial charge in [0.25, 0.3) is 0 Å². The first-order chi connectivity index (χ1) is 3.71. The predicted octanol–water partition coefficient (Wildman–Crippen LogP) is 2.09. The van der Waals surface area contributed by atoms with Gasteiger partial charge in [-0.3, -0.25) is 6.66 Å². The van der Waals surface area contributed by atoms with Crippen LogP contribution in [0.4, 0.5) is 0 Å². The van der Waals surface area contributed by atoms with Gasteiger partial charge in [-0.2, -0.15) is 0 Å². The molecule has 10 heavy (non-hydrogen) atoms. The normalized spacial score (nSPS) is 17.3. The molecule has 0 saturated heterocycles. The Morgan fingerprint density at radius 2 is 1.80 bits per heavy atom. The average molecular weight is 333 g/mol. The van der Waals surface area contributed by atoms with E-state index in [4.69, 9.17) is 4.89 Å². The molecule has 1 atom stereocenters. The van der Waals surface area contributed by atoms with Gasteiger partial charge in [-0.1, -0.05) is 20.8 Å². The zero-order valence-corrected chi connectivity index (χ0v) is 10.5. The van der Waals surface area contributed by atoms with Crippen molar-refractivity contribution in [3.05, 3.63) is 6.66 Å². The Kier molecular flexibility index (Phi) is 5.44. The van der Waals surface area contributed by atoms with Crippen molar-refractivity contribution < 1.29 is 30.5 Å². The maximum atomic E-state index is 10.7. The molecule has 1 unspecified atom stereocenters. The zero-order valence-electron chi connectivity index (χ0n) is 6.63. The Morgan fingerprint density at radius 3 is 1.80 bits per heavy atom. The third-order valence-electron chi connectivity index (χ3n) is 0.721. The Hall–Kier alpha value is 0.878. The fourth-order valence-corrected chi connectivity index (χ4v) is 2.22. The summed E-state index contributed by atoms with van der Waals surface area (Å²) >= 11 is 0. The molecular formula is C6H14O2PW-. The van der Waals surface area contributed by atoms with Crippen LogP contribution in [0.5, 0.6) is 0 Å². The molecule has 2 nitrogen and oxygen atoms in total. The van der Waals surface area contributed by atoms with Gasteiger partial charge in [0.1, 0.15) is 0 Å². The molecule has 0 aromatic carbocycles. The van der Waals surface area contributed by atoms with E-state index in [0.29, 0.717) is 6.16 Å². The molecule has 0 aliphatic carbocycles. The van der Waals surface area contributed by atoms with Crippen LogP contribution < -0.4 is 0 Å². The van der Waals surface area contributed by atoms with E-state index in [1.165, 1.54) is 0 Å². The SMILES string of the molecule is [CH2-]P(=O)(O)CC(C)(C)C.[W]. The largest absolute Gasteiger partial charge is 0.368 e. The van der Waals surface area contributed by atoms with Gasteiger partial charge >= 0.3 is 0 Å². The molecule has 62 valence electrons. The second-order valence-electron chi connectivity index (χ2n) is 3.57. The van der Waals surface area contributed by atoms with E-state index in [2.05, 4.69) is 6.66 Å². The molecule has 0 aromatic heterocycles. The van der Waals surface area contributed by atoms with E-state index in [1.54, 1.807) is 0 Å². The Labute approximate surface area is 77.1 Å². The Bertz CT molecular complexity index is 133. The first-order valence-corrected chi connectivity index (χ1v) is 4.90. The van der Waals surface area contributed by atoms with Gasteiger partial charge in [0, 0.05) is 27.2 Å². The second-order valence-corrected chi connectivity index (χ2v) is 5.57. The standard InChI is InChI=1S/C6H14O2P.W/c1-6(2,3)5-9(4,7)8;/h4-5H2,1-3H3,(H,7,8);/q-1;. The van der Waals surface area contributed by atoms with E-state index >= 15 is 0 Å². The van der Waals surface area contributed by atoms with E-state index in [1.807, 2.05) is 20.8 Å². The first-order valence-electron chi connectivity index (χ1n) is 2.87. The van der Waals surface area contributed by atoms with Crippen LogP contribution in [-0.4, -0.2) is 11.1 Å². The molecule has 0 radical (unpaired) electrons. The summed E-state index contributed by atoms with van der Waals surface area (Å²) in [7, 11) is -3.04. The van der Waals surface area contributed by atoms with Crippen LogP contribution in [-0.2, 0) is 25.6 Å². The molecule has 0 saturated carbocycles. The summed E-state index contributed by atoms with van der Waals surface area (Å²) in [6, 6.07) is 0. The van der Waals surface area contributed by atoms with Gasteiger partial charge < -0.3 is 9.46 Å². The first kappa shape index (κ1) is 13.5. The minimum Gasteiger partial charge on any atom is -0.368 e. The molecule has 0 amide bonds. The van der Waals surface area contributed by atoms with Crippen molar-refractivity contribution >= 4 is 7.37 Å². The third-order valence-corrected chi connectivity index (χ3v) is 2.16. The summed E-state index contributed by atoms with van der Waals surface area (Å²) in [6.45, 7) is 8.92. The third kappa shape index (κ3) is 11.6. The molecule has 0 bridgehead atoms. The Morgan fingerprint density at radius 1 is 1.50 bits per heavy atom. The molecule has 0 aliphatic heterocycles. The van der Waals surface area contributed by atoms with Gasteiger partial charge in [-0.15, -0.1) is 0 Å². The van der Waals surface area contributed by atoms with Crippen molar-refractivity contribution in [3.8, 4) is 0 Å². The van der Waals surface area contributed by atoms with Crippen molar-refractivity contribution in [3.63, 3.8) is 0 Å². The molecule has 4 heteroatoms. The fraction of sp³-hybridized carbons (Fsp3) is 0.833. The molecule has 0 heterocycles. The van der Waals surface area contributed by atoms with Crippen molar-refractivity contribution in [2.24, 2.45) is 5.41 Å². The van der Waals surface area contributed by atoms with Crippen molar-refractivity contribution in [1.29, 1.82) is 0 Å². The number of rotatable bonds is 1. The van der Waals surface area contributed by atoms with Crippen molar-refractivity contribution in [1.82, 2.24) is 0 Å². The van der Waals surface area contributed by atoms with Gasteiger partial charge in [-0.25, -0.2) is 0 Å². The quantitative estimate of drug-likeness (QED) is 0.589. The molecule has 0 aliphatic rings. The second kappa shape index (κ2) is 4.04. The fourth-order valence-electron chi connectivity index (χ4n) is 0.741. The van der Waals surface area contributed by atoms with E-state index in [-0.39, 0.29) is 26.5 Å². The van der Waals surface area contributed by atoms with Crippen LogP contribution in [0.25, 0.3) is 0 Å². The van der Waals surface area contributed by atoms with Crippen molar-refractivity contribution in [2.45, 2.75) is 20.8 Å². The number of hydrogen-bond donors (Lipinski definition) is 1. The van der Waals surface area contributed by atoms with Crippen LogP contribution >= 0.6 is 7.37 Å². The van der Waals surface area contributed by atoms with Crippen molar-refractivity contribution in [2.75, 3.05) is 6.16 Å². The molecule has 0 aromatic rings. The maximum Gasteiger partial charge on any atom is 0.0621 e. The van der Waals surface area contributed by atoms with E-state index in [0.717, 1.165) is 0 Å². The van der Waals surface area contributed by atoms with Gasteiger partial charge in [-0.05, 0) is 5.41 Å². The average Bonchev–Trinajstić information content (AvgIpc) is 1.14. The van der Waals surface area contributed by atoms with Crippen LogP contribution in [0.2, 0.25) is 0 Å². The van der Waals surface area contributed by atoms with Crippen LogP contribution in [0.3, 0.4) is 0 Å². The molecule has 0 fully saturated rings.